The highest BCUT2D eigenvalue weighted by atomic mass is 16.5. The summed E-state index contributed by atoms with van der Waals surface area (Å²) in [5.74, 6) is 0.185. The molecule has 0 spiro atoms. The maximum atomic E-state index is 12.7. The van der Waals surface area contributed by atoms with Gasteiger partial charge < -0.3 is 20.5 Å². The second-order valence-electron chi connectivity index (χ2n) is 8.84. The van der Waals surface area contributed by atoms with E-state index >= 15 is 0 Å². The number of anilines is 2. The number of nitrogens with zero attached hydrogens (tertiary/aromatic N) is 2. The van der Waals surface area contributed by atoms with Crippen molar-refractivity contribution in [2.45, 2.75) is 26.8 Å². The van der Waals surface area contributed by atoms with Crippen LogP contribution < -0.4 is 15.4 Å². The molecule has 0 aliphatic heterocycles. The number of carbonyl (C=O) groups is 1. The molecule has 1 aromatic heterocycles. The Balaban J connectivity index is 1.59. The van der Waals surface area contributed by atoms with Crippen molar-refractivity contribution in [2.24, 2.45) is 0 Å². The largest absolute Gasteiger partial charge is 0.504 e. The van der Waals surface area contributed by atoms with E-state index in [0.29, 0.717) is 34.0 Å². The molecule has 0 aliphatic carbocycles. The normalized spacial score (nSPS) is 11.3. The minimum Gasteiger partial charge on any atom is -0.504 e. The molecule has 0 fully saturated rings. The predicted octanol–water partition coefficient (Wildman–Crippen LogP) is 6.38. The minimum atomic E-state index is -0.168. The Labute approximate surface area is 216 Å². The Kier molecular flexibility index (Phi) is 7.40. The molecule has 4 aromatic rings. The van der Waals surface area contributed by atoms with Gasteiger partial charge in [-0.3, -0.25) is 4.79 Å². The van der Waals surface area contributed by atoms with Gasteiger partial charge in [-0.15, -0.1) is 0 Å². The quantitative estimate of drug-likeness (QED) is 0.276. The number of rotatable bonds is 7. The van der Waals surface area contributed by atoms with E-state index in [1.807, 2.05) is 69.3 Å². The molecule has 0 aliphatic rings. The number of benzene rings is 3. The van der Waals surface area contributed by atoms with E-state index in [0.717, 1.165) is 22.4 Å². The van der Waals surface area contributed by atoms with Crippen LogP contribution >= 0.6 is 0 Å². The first-order valence-corrected chi connectivity index (χ1v) is 11.8. The molecule has 0 radical (unpaired) electrons. The second kappa shape index (κ2) is 10.8. The molecule has 7 heteroatoms. The van der Waals surface area contributed by atoms with Gasteiger partial charge in [-0.05, 0) is 74.9 Å². The molecule has 1 heterocycles. The van der Waals surface area contributed by atoms with E-state index in [1.165, 1.54) is 13.2 Å². The Morgan fingerprint density at radius 3 is 2.57 bits per heavy atom. The summed E-state index contributed by atoms with van der Waals surface area (Å²) in [5.41, 5.74) is 6.36. The van der Waals surface area contributed by atoms with Crippen LogP contribution in [0, 0.1) is 25.2 Å². The number of nitrogens with one attached hydrogen (secondary N) is 2. The summed E-state index contributed by atoms with van der Waals surface area (Å²) in [6.07, 6.45) is 0. The van der Waals surface area contributed by atoms with Gasteiger partial charge in [-0.25, -0.2) is 4.98 Å². The number of amides is 1. The van der Waals surface area contributed by atoms with Crippen LogP contribution in [0.1, 0.15) is 45.7 Å². The molecule has 37 heavy (non-hydrogen) atoms. The molecular formula is C30H28N4O3. The van der Waals surface area contributed by atoms with Gasteiger partial charge in [0, 0.05) is 34.1 Å². The van der Waals surface area contributed by atoms with Crippen LogP contribution in [0.2, 0.25) is 0 Å². The molecule has 7 nitrogen and oxygen atoms in total. The number of nitriles is 1. The molecule has 4 rings (SSSR count). The van der Waals surface area contributed by atoms with Gasteiger partial charge in [-0.2, -0.15) is 5.26 Å². The molecule has 0 saturated heterocycles. The van der Waals surface area contributed by atoms with Crippen LogP contribution in [0.3, 0.4) is 0 Å². The van der Waals surface area contributed by atoms with Gasteiger partial charge in [-0.1, -0.05) is 29.8 Å². The zero-order valence-corrected chi connectivity index (χ0v) is 21.2. The Bertz CT molecular complexity index is 1510. The van der Waals surface area contributed by atoms with Crippen LogP contribution in [-0.4, -0.2) is 23.1 Å². The van der Waals surface area contributed by atoms with E-state index in [9.17, 15) is 15.2 Å². The number of ether oxygens (including phenoxy) is 1. The van der Waals surface area contributed by atoms with Crippen molar-refractivity contribution >= 4 is 17.3 Å². The second-order valence-corrected chi connectivity index (χ2v) is 8.84. The number of pyridine rings is 1. The summed E-state index contributed by atoms with van der Waals surface area (Å²) in [7, 11) is 1.48. The molecule has 1 amide bonds. The summed E-state index contributed by atoms with van der Waals surface area (Å²) in [6.45, 7) is 5.81. The van der Waals surface area contributed by atoms with Crippen molar-refractivity contribution in [1.82, 2.24) is 4.98 Å². The molecule has 1 unspecified atom stereocenters. The Hall–Kier alpha value is -4.83. The van der Waals surface area contributed by atoms with Gasteiger partial charge in [0.25, 0.3) is 5.91 Å². The summed E-state index contributed by atoms with van der Waals surface area (Å²) < 4.78 is 5.22. The third-order valence-electron chi connectivity index (χ3n) is 6.15. The van der Waals surface area contributed by atoms with Crippen molar-refractivity contribution in [2.75, 3.05) is 17.7 Å². The summed E-state index contributed by atoms with van der Waals surface area (Å²) in [4.78, 5) is 17.2. The van der Waals surface area contributed by atoms with Gasteiger partial charge in [0.2, 0.25) is 0 Å². The number of carbonyl (C=O) groups excluding carboxylic acids is 1. The minimum absolute atomic E-state index is 0.0280. The molecule has 0 bridgehead atoms. The predicted molar refractivity (Wildman–Crippen MR) is 145 cm³/mol. The number of hydrogen-bond acceptors (Lipinski definition) is 6. The molecule has 1 atom stereocenters. The van der Waals surface area contributed by atoms with E-state index in [-0.39, 0.29) is 17.7 Å². The maximum absolute atomic E-state index is 12.7. The number of phenolic OH excluding ortho intramolecular Hbond substituents is 1. The third kappa shape index (κ3) is 5.71. The molecular weight excluding hydrogens is 464 g/mol. The van der Waals surface area contributed by atoms with Gasteiger partial charge in [0.15, 0.2) is 11.5 Å². The Morgan fingerprint density at radius 1 is 1.05 bits per heavy atom. The molecule has 0 saturated carbocycles. The smallest absolute Gasteiger partial charge is 0.255 e. The van der Waals surface area contributed by atoms with Crippen molar-refractivity contribution in [3.05, 3.63) is 101 Å². The van der Waals surface area contributed by atoms with Crippen LogP contribution in [-0.2, 0) is 0 Å². The highest BCUT2D eigenvalue weighted by molar-refractivity contribution is 6.04. The monoisotopic (exact) mass is 492 g/mol. The summed E-state index contributed by atoms with van der Waals surface area (Å²) in [6, 6.07) is 24.0. The zero-order chi connectivity index (χ0) is 26.5. The van der Waals surface area contributed by atoms with Gasteiger partial charge in [0.05, 0.1) is 12.8 Å². The van der Waals surface area contributed by atoms with Crippen molar-refractivity contribution < 1.29 is 14.6 Å². The van der Waals surface area contributed by atoms with Gasteiger partial charge in [0.1, 0.15) is 11.8 Å². The number of aromatic hydroxyl groups is 1. The fourth-order valence-electron chi connectivity index (χ4n) is 4.04. The molecule has 186 valence electrons. The number of hydrogen-bond donors (Lipinski definition) is 3. The maximum Gasteiger partial charge on any atom is 0.255 e. The lowest BCUT2D eigenvalue weighted by Crippen LogP contribution is -2.13. The van der Waals surface area contributed by atoms with Crippen LogP contribution in [0.25, 0.3) is 11.3 Å². The lowest BCUT2D eigenvalue weighted by atomic mass is 10.0. The highest BCUT2D eigenvalue weighted by Gasteiger charge is 2.15. The molecule has 3 N–H and O–H groups in total. The average molecular weight is 493 g/mol. The SMILES string of the molecule is COc1cc(-c2cc(NC(C)c3cccc(NC(=O)c4cccc(C)c4)c3)c(C)c(C#N)n2)ccc1O. The van der Waals surface area contributed by atoms with Crippen LogP contribution in [0.5, 0.6) is 11.5 Å². The average Bonchev–Trinajstić information content (AvgIpc) is 2.90. The number of phenols is 1. The Morgan fingerprint density at radius 2 is 1.84 bits per heavy atom. The van der Waals surface area contributed by atoms with E-state index in [2.05, 4.69) is 21.7 Å². The first-order chi connectivity index (χ1) is 17.8. The highest BCUT2D eigenvalue weighted by Crippen LogP contribution is 2.34. The number of aryl methyl sites for hydroxylation is 1. The van der Waals surface area contributed by atoms with Crippen molar-refractivity contribution in [3.63, 3.8) is 0 Å². The van der Waals surface area contributed by atoms with Crippen LogP contribution in [0.4, 0.5) is 11.4 Å². The van der Waals surface area contributed by atoms with E-state index in [1.54, 1.807) is 18.2 Å². The van der Waals surface area contributed by atoms with Crippen LogP contribution in [0.15, 0.2) is 72.8 Å². The first-order valence-electron chi connectivity index (χ1n) is 11.8. The summed E-state index contributed by atoms with van der Waals surface area (Å²) >= 11 is 0. The zero-order valence-electron chi connectivity index (χ0n) is 21.2. The third-order valence-corrected chi connectivity index (χ3v) is 6.15. The van der Waals surface area contributed by atoms with Gasteiger partial charge >= 0.3 is 0 Å². The lowest BCUT2D eigenvalue weighted by molar-refractivity contribution is 0.102. The molecule has 3 aromatic carbocycles. The van der Waals surface area contributed by atoms with Crippen molar-refractivity contribution in [1.29, 1.82) is 5.26 Å². The lowest BCUT2D eigenvalue weighted by Gasteiger charge is -2.20. The first kappa shape index (κ1) is 25.3. The standard InChI is InChI=1S/C30H28N4O3/c1-18-7-5-9-23(13-18)30(36)33-24-10-6-8-21(14-24)20(3)32-25-16-26(34-27(17-31)19(25)2)22-11-12-28(35)29(15-22)37-4/h5-16,20,35H,1-4H3,(H,32,34)(H,33,36). The summed E-state index contributed by atoms with van der Waals surface area (Å²) in [5, 5.41) is 26.1. The van der Waals surface area contributed by atoms with E-state index in [4.69, 9.17) is 4.74 Å². The number of methoxy groups -OCH3 is 1. The fraction of sp³-hybridized carbons (Fsp3) is 0.167. The fourth-order valence-corrected chi connectivity index (χ4v) is 4.04. The van der Waals surface area contributed by atoms with Crippen molar-refractivity contribution in [3.8, 4) is 28.8 Å². The van der Waals surface area contributed by atoms with E-state index < -0.39 is 0 Å². The topological polar surface area (TPSA) is 107 Å². The number of aromatic nitrogens is 1.